The van der Waals surface area contributed by atoms with Crippen LogP contribution in [0, 0.1) is 6.92 Å². The predicted molar refractivity (Wildman–Crippen MR) is 85.5 cm³/mol. The number of nitrogens with one attached hydrogen (secondary N) is 1. The predicted octanol–water partition coefficient (Wildman–Crippen LogP) is 4.40. The van der Waals surface area contributed by atoms with Gasteiger partial charge < -0.3 is 9.72 Å². The van der Waals surface area contributed by atoms with Crippen molar-refractivity contribution in [3.05, 3.63) is 45.4 Å². The minimum absolute atomic E-state index is 0.529. The summed E-state index contributed by atoms with van der Waals surface area (Å²) in [5, 5.41) is 0. The number of hydrogen-bond acceptors (Lipinski definition) is 2. The Balaban J connectivity index is 2.19. The molecule has 0 aliphatic carbocycles. The summed E-state index contributed by atoms with van der Waals surface area (Å²) < 4.78 is 6.38. The van der Waals surface area contributed by atoms with Crippen LogP contribution in [0.4, 0.5) is 0 Å². The smallest absolute Gasteiger partial charge is 0.127 e. The van der Waals surface area contributed by atoms with Crippen molar-refractivity contribution in [2.75, 3.05) is 7.11 Å². The second kappa shape index (κ2) is 6.44. The number of aromatic amines is 1. The zero-order valence-electron chi connectivity index (χ0n) is 12.5. The number of halogens is 1. The van der Waals surface area contributed by atoms with Crippen LogP contribution < -0.4 is 4.74 Å². The van der Waals surface area contributed by atoms with Crippen LogP contribution in [0.3, 0.4) is 0 Å². The molecule has 0 amide bonds. The van der Waals surface area contributed by atoms with Crippen molar-refractivity contribution in [3.8, 4) is 5.75 Å². The molecule has 0 bridgehead atoms. The average Bonchev–Trinajstić information content (AvgIpc) is 2.74. The molecule has 0 spiro atoms. The third kappa shape index (κ3) is 3.42. The van der Waals surface area contributed by atoms with Crippen molar-refractivity contribution < 1.29 is 4.74 Å². The summed E-state index contributed by atoms with van der Waals surface area (Å²) in [6, 6.07) is 6.46. The highest BCUT2D eigenvalue weighted by atomic mass is 79.9. The van der Waals surface area contributed by atoms with Crippen molar-refractivity contribution in [3.63, 3.8) is 0 Å². The summed E-state index contributed by atoms with van der Waals surface area (Å²) in [5.74, 6) is 2.43. The molecular weight excluding hydrogens is 316 g/mol. The minimum atomic E-state index is 0.529. The summed E-state index contributed by atoms with van der Waals surface area (Å²) in [4.78, 5) is 7.63. The summed E-state index contributed by atoms with van der Waals surface area (Å²) in [6.45, 7) is 6.38. The van der Waals surface area contributed by atoms with Gasteiger partial charge in [-0.15, -0.1) is 0 Å². The van der Waals surface area contributed by atoms with Gasteiger partial charge >= 0.3 is 0 Å². The van der Waals surface area contributed by atoms with Crippen molar-refractivity contribution in [2.24, 2.45) is 0 Å². The summed E-state index contributed by atoms with van der Waals surface area (Å²) in [5.41, 5.74) is 3.73. The fraction of sp³-hybridized carbons (Fsp3) is 0.438. The van der Waals surface area contributed by atoms with E-state index >= 15 is 0 Å². The molecule has 0 atom stereocenters. The highest BCUT2D eigenvalue weighted by molar-refractivity contribution is 9.10. The lowest BCUT2D eigenvalue weighted by molar-refractivity contribution is 0.409. The maximum atomic E-state index is 5.47. The maximum absolute atomic E-state index is 5.47. The van der Waals surface area contributed by atoms with Crippen LogP contribution >= 0.6 is 15.9 Å². The molecule has 0 unspecified atom stereocenters. The topological polar surface area (TPSA) is 37.9 Å². The number of benzene rings is 1. The molecule has 1 heterocycles. The Kier molecular flexibility index (Phi) is 4.86. The van der Waals surface area contributed by atoms with Crippen molar-refractivity contribution in [1.29, 1.82) is 0 Å². The second-order valence-electron chi connectivity index (χ2n) is 5.32. The quantitative estimate of drug-likeness (QED) is 0.878. The van der Waals surface area contributed by atoms with Crippen molar-refractivity contribution in [1.82, 2.24) is 9.97 Å². The number of H-pyrrole nitrogens is 1. The number of ether oxygens (including phenoxy) is 1. The summed E-state index contributed by atoms with van der Waals surface area (Å²) in [6.07, 6.45) is 1.85. The lowest BCUT2D eigenvalue weighted by Gasteiger charge is -2.12. The number of hydrogen-bond donors (Lipinski definition) is 1. The molecule has 1 N–H and O–H groups in total. The van der Waals surface area contributed by atoms with Gasteiger partial charge in [-0.3, -0.25) is 0 Å². The lowest BCUT2D eigenvalue weighted by atomic mass is 9.98. The third-order valence-corrected chi connectivity index (χ3v) is 4.12. The van der Waals surface area contributed by atoms with E-state index in [0.29, 0.717) is 5.92 Å². The number of nitrogens with zero attached hydrogens (tertiary/aromatic N) is 1. The van der Waals surface area contributed by atoms with Gasteiger partial charge in [0, 0.05) is 5.69 Å². The molecule has 108 valence electrons. The Morgan fingerprint density at radius 2 is 2.05 bits per heavy atom. The van der Waals surface area contributed by atoms with Gasteiger partial charge in [0.2, 0.25) is 0 Å². The van der Waals surface area contributed by atoms with Gasteiger partial charge in [0.1, 0.15) is 16.2 Å². The number of methoxy groups -OCH3 is 1. The fourth-order valence-electron chi connectivity index (χ4n) is 2.29. The van der Waals surface area contributed by atoms with Gasteiger partial charge in [-0.1, -0.05) is 26.0 Å². The van der Waals surface area contributed by atoms with Crippen molar-refractivity contribution >= 4 is 15.9 Å². The second-order valence-corrected chi connectivity index (χ2v) is 6.07. The van der Waals surface area contributed by atoms with Gasteiger partial charge in [0.25, 0.3) is 0 Å². The van der Waals surface area contributed by atoms with E-state index in [4.69, 9.17) is 4.74 Å². The average molecular weight is 337 g/mol. The van der Waals surface area contributed by atoms with Gasteiger partial charge in [-0.05, 0) is 58.8 Å². The van der Waals surface area contributed by atoms with Crippen LogP contribution in [0.1, 0.15) is 42.4 Å². The van der Waals surface area contributed by atoms with Gasteiger partial charge in [0.05, 0.1) is 7.11 Å². The normalized spacial score (nSPS) is 11.1. The Hall–Kier alpha value is -1.29. The number of rotatable bonds is 5. The molecule has 0 saturated heterocycles. The molecule has 1 aromatic carbocycles. The van der Waals surface area contributed by atoms with Gasteiger partial charge in [-0.2, -0.15) is 0 Å². The molecule has 0 fully saturated rings. The largest absolute Gasteiger partial charge is 0.496 e. The first-order chi connectivity index (χ1) is 9.51. The Bertz CT molecular complexity index is 590. The minimum Gasteiger partial charge on any atom is -0.496 e. The number of imidazole rings is 1. The van der Waals surface area contributed by atoms with Crippen molar-refractivity contribution in [2.45, 2.75) is 39.5 Å². The van der Waals surface area contributed by atoms with Crippen LogP contribution in [-0.4, -0.2) is 17.1 Å². The molecule has 2 rings (SSSR count). The van der Waals surface area contributed by atoms with E-state index in [-0.39, 0.29) is 0 Å². The lowest BCUT2D eigenvalue weighted by Crippen LogP contribution is -1.99. The summed E-state index contributed by atoms with van der Waals surface area (Å²) >= 11 is 3.49. The molecule has 0 aliphatic heterocycles. The van der Waals surface area contributed by atoms with Gasteiger partial charge in [0.15, 0.2) is 0 Å². The molecule has 2 aromatic rings. The first-order valence-corrected chi connectivity index (χ1v) is 7.68. The van der Waals surface area contributed by atoms with E-state index in [1.165, 1.54) is 11.1 Å². The molecule has 3 nitrogen and oxygen atoms in total. The van der Waals surface area contributed by atoms with Crippen LogP contribution in [0.25, 0.3) is 0 Å². The van der Waals surface area contributed by atoms with Crippen LogP contribution in [-0.2, 0) is 12.8 Å². The Morgan fingerprint density at radius 3 is 2.60 bits per heavy atom. The molecule has 0 aliphatic rings. The van der Waals surface area contributed by atoms with Crippen LogP contribution in [0.15, 0.2) is 22.8 Å². The van der Waals surface area contributed by atoms with E-state index in [2.05, 4.69) is 57.9 Å². The van der Waals surface area contributed by atoms with E-state index in [1.54, 1.807) is 7.11 Å². The monoisotopic (exact) mass is 336 g/mol. The van der Waals surface area contributed by atoms with E-state index in [0.717, 1.165) is 34.7 Å². The molecule has 1 aromatic heterocycles. The fourth-order valence-corrected chi connectivity index (χ4v) is 2.85. The van der Waals surface area contributed by atoms with Crippen LogP contribution in [0.2, 0.25) is 0 Å². The molecule has 4 heteroatoms. The number of aryl methyl sites for hydroxylation is 3. The Morgan fingerprint density at radius 1 is 1.30 bits per heavy atom. The standard InChI is InChI=1S/C16H21BrN2O/c1-10(2)12-6-8-15(20-4)13(9-12)5-7-14-16(17)19-11(3)18-14/h6,8-10H,5,7H2,1-4H3,(H,18,19). The molecule has 0 radical (unpaired) electrons. The zero-order chi connectivity index (χ0) is 14.7. The first-order valence-electron chi connectivity index (χ1n) is 6.89. The molecule has 0 saturated carbocycles. The van der Waals surface area contributed by atoms with E-state index in [1.807, 2.05) is 6.92 Å². The van der Waals surface area contributed by atoms with Crippen LogP contribution in [0.5, 0.6) is 5.75 Å². The highest BCUT2D eigenvalue weighted by Crippen LogP contribution is 2.26. The maximum Gasteiger partial charge on any atom is 0.127 e. The zero-order valence-corrected chi connectivity index (χ0v) is 14.0. The van der Waals surface area contributed by atoms with E-state index in [9.17, 15) is 0 Å². The Labute approximate surface area is 128 Å². The highest BCUT2D eigenvalue weighted by Gasteiger charge is 2.10. The summed E-state index contributed by atoms with van der Waals surface area (Å²) in [7, 11) is 1.73. The SMILES string of the molecule is COc1ccc(C(C)C)cc1CCc1[nH]c(C)nc1Br. The molecule has 20 heavy (non-hydrogen) atoms. The first kappa shape index (κ1) is 15.1. The number of aromatic nitrogens is 2. The molecular formula is C16H21BrN2O. The third-order valence-electron chi connectivity index (χ3n) is 3.46. The van der Waals surface area contributed by atoms with Gasteiger partial charge in [-0.25, -0.2) is 4.98 Å². The van der Waals surface area contributed by atoms with E-state index < -0.39 is 0 Å².